The fraction of sp³-hybridized carbons (Fsp3) is 0.300. The number of para-hydroxylation sites is 1. The van der Waals surface area contributed by atoms with E-state index in [1.165, 1.54) is 17.8 Å². The summed E-state index contributed by atoms with van der Waals surface area (Å²) in [5, 5.41) is 5.93. The van der Waals surface area contributed by atoms with Crippen molar-refractivity contribution < 1.29 is 14.0 Å². The largest absolute Gasteiger partial charge is 0.352 e. The number of nitrogens with one attached hydrogen (secondary N) is 2. The third-order valence-electron chi connectivity index (χ3n) is 3.66. The van der Waals surface area contributed by atoms with Crippen molar-refractivity contribution in [2.24, 2.45) is 5.92 Å². The highest BCUT2D eigenvalue weighted by atomic mass is 35.5. The van der Waals surface area contributed by atoms with Crippen LogP contribution in [0.2, 0.25) is 5.02 Å². The summed E-state index contributed by atoms with van der Waals surface area (Å²) >= 11 is 7.24. The van der Waals surface area contributed by atoms with Crippen LogP contribution in [0.4, 0.5) is 10.1 Å². The van der Waals surface area contributed by atoms with E-state index in [1.54, 1.807) is 36.4 Å². The molecule has 0 heterocycles. The van der Waals surface area contributed by atoms with E-state index in [2.05, 4.69) is 10.6 Å². The Labute approximate surface area is 167 Å². The van der Waals surface area contributed by atoms with Gasteiger partial charge in [0.05, 0.1) is 17.0 Å². The van der Waals surface area contributed by atoms with E-state index in [0.717, 1.165) is 0 Å². The molecule has 144 valence electrons. The summed E-state index contributed by atoms with van der Waals surface area (Å²) in [5.74, 6) is -0.149. The molecule has 0 aliphatic rings. The van der Waals surface area contributed by atoms with Gasteiger partial charge < -0.3 is 10.6 Å². The lowest BCUT2D eigenvalue weighted by atomic mass is 10.1. The van der Waals surface area contributed by atoms with Crippen LogP contribution in [0.3, 0.4) is 0 Å². The van der Waals surface area contributed by atoms with Crippen molar-refractivity contribution in [2.45, 2.75) is 19.6 Å². The minimum Gasteiger partial charge on any atom is -0.352 e. The summed E-state index contributed by atoms with van der Waals surface area (Å²) in [4.78, 5) is 24.5. The van der Waals surface area contributed by atoms with Gasteiger partial charge in [-0.2, -0.15) is 0 Å². The van der Waals surface area contributed by atoms with Crippen LogP contribution in [0.5, 0.6) is 0 Å². The van der Waals surface area contributed by atoms with Gasteiger partial charge >= 0.3 is 0 Å². The summed E-state index contributed by atoms with van der Waals surface area (Å²) < 4.78 is 13.8. The normalized spacial score (nSPS) is 10.7. The SMILES string of the molecule is CC(C)CNC(=O)c1ccccc1NC(=O)CSCc1c(F)cccc1Cl. The zero-order valence-corrected chi connectivity index (χ0v) is 16.8. The molecule has 0 saturated carbocycles. The number of benzene rings is 2. The minimum atomic E-state index is -0.387. The van der Waals surface area contributed by atoms with E-state index >= 15 is 0 Å². The lowest BCUT2D eigenvalue weighted by Gasteiger charge is -2.12. The van der Waals surface area contributed by atoms with Gasteiger partial charge in [-0.05, 0) is 30.2 Å². The van der Waals surface area contributed by atoms with Crippen LogP contribution in [-0.4, -0.2) is 24.1 Å². The zero-order chi connectivity index (χ0) is 19.8. The van der Waals surface area contributed by atoms with Crippen molar-refractivity contribution in [1.82, 2.24) is 5.32 Å². The third-order valence-corrected chi connectivity index (χ3v) is 4.97. The second-order valence-electron chi connectivity index (χ2n) is 6.39. The Balaban J connectivity index is 1.93. The second-order valence-corrected chi connectivity index (χ2v) is 7.78. The Morgan fingerprint density at radius 3 is 2.59 bits per heavy atom. The second kappa shape index (κ2) is 10.3. The Kier molecular flexibility index (Phi) is 8.13. The first kappa shape index (κ1) is 21.3. The monoisotopic (exact) mass is 408 g/mol. The lowest BCUT2D eigenvalue weighted by Crippen LogP contribution is -2.28. The number of carbonyl (C=O) groups is 2. The van der Waals surface area contributed by atoms with E-state index in [-0.39, 0.29) is 29.1 Å². The van der Waals surface area contributed by atoms with E-state index in [0.29, 0.717) is 34.3 Å². The van der Waals surface area contributed by atoms with Crippen LogP contribution in [0, 0.1) is 11.7 Å². The fourth-order valence-corrected chi connectivity index (χ4v) is 3.45. The standard InChI is InChI=1S/C20H22ClFN2O2S/c1-13(2)10-23-20(26)14-6-3-4-9-18(14)24-19(25)12-27-11-15-16(21)7-5-8-17(15)22/h3-9,13H,10-12H2,1-2H3,(H,23,26)(H,24,25). The van der Waals surface area contributed by atoms with Crippen LogP contribution in [0.1, 0.15) is 29.8 Å². The molecule has 0 aliphatic carbocycles. The summed E-state index contributed by atoms with van der Waals surface area (Å²) in [6.07, 6.45) is 0. The average molecular weight is 409 g/mol. The molecule has 0 radical (unpaired) electrons. The van der Waals surface area contributed by atoms with Crippen molar-refractivity contribution in [3.63, 3.8) is 0 Å². The van der Waals surface area contributed by atoms with Gasteiger partial charge in [0.1, 0.15) is 5.82 Å². The molecular weight excluding hydrogens is 387 g/mol. The quantitative estimate of drug-likeness (QED) is 0.663. The number of rotatable bonds is 8. The van der Waals surface area contributed by atoms with Crippen molar-refractivity contribution in [2.75, 3.05) is 17.6 Å². The summed E-state index contributed by atoms with van der Waals surface area (Å²) in [6, 6.07) is 11.3. The molecule has 0 fully saturated rings. The zero-order valence-electron chi connectivity index (χ0n) is 15.2. The summed E-state index contributed by atoms with van der Waals surface area (Å²) in [7, 11) is 0. The maximum atomic E-state index is 13.8. The summed E-state index contributed by atoms with van der Waals surface area (Å²) in [6.45, 7) is 4.57. The molecule has 4 nitrogen and oxygen atoms in total. The molecular formula is C20H22ClFN2O2S. The number of carbonyl (C=O) groups excluding carboxylic acids is 2. The predicted octanol–water partition coefficient (Wildman–Crippen LogP) is 4.74. The van der Waals surface area contributed by atoms with Crippen LogP contribution in [0.25, 0.3) is 0 Å². The van der Waals surface area contributed by atoms with Gasteiger partial charge in [-0.15, -0.1) is 11.8 Å². The topological polar surface area (TPSA) is 58.2 Å². The van der Waals surface area contributed by atoms with Crippen molar-refractivity contribution in [3.05, 3.63) is 64.4 Å². The van der Waals surface area contributed by atoms with Gasteiger partial charge in [0.2, 0.25) is 5.91 Å². The first-order valence-electron chi connectivity index (χ1n) is 8.56. The Morgan fingerprint density at radius 1 is 1.15 bits per heavy atom. The van der Waals surface area contributed by atoms with Crippen LogP contribution < -0.4 is 10.6 Å². The molecule has 0 bridgehead atoms. The van der Waals surface area contributed by atoms with Crippen molar-refractivity contribution >= 4 is 40.9 Å². The lowest BCUT2D eigenvalue weighted by molar-refractivity contribution is -0.113. The number of amides is 2. The van der Waals surface area contributed by atoms with E-state index in [4.69, 9.17) is 11.6 Å². The maximum absolute atomic E-state index is 13.8. The molecule has 2 rings (SSSR count). The Morgan fingerprint density at radius 2 is 1.89 bits per heavy atom. The molecule has 2 amide bonds. The number of thioether (sulfide) groups is 1. The first-order valence-corrected chi connectivity index (χ1v) is 10.1. The number of halogens is 2. The van der Waals surface area contributed by atoms with Crippen LogP contribution in [0.15, 0.2) is 42.5 Å². The summed E-state index contributed by atoms with van der Waals surface area (Å²) in [5.41, 5.74) is 1.24. The molecule has 0 saturated heterocycles. The predicted molar refractivity (Wildman–Crippen MR) is 110 cm³/mol. The van der Waals surface area contributed by atoms with E-state index in [9.17, 15) is 14.0 Å². The van der Waals surface area contributed by atoms with Gasteiger partial charge in [0.15, 0.2) is 0 Å². The van der Waals surface area contributed by atoms with E-state index < -0.39 is 0 Å². The molecule has 2 N–H and O–H groups in total. The maximum Gasteiger partial charge on any atom is 0.253 e. The van der Waals surface area contributed by atoms with Gasteiger partial charge in [-0.3, -0.25) is 9.59 Å². The van der Waals surface area contributed by atoms with Crippen LogP contribution >= 0.6 is 23.4 Å². The van der Waals surface area contributed by atoms with Crippen molar-refractivity contribution in [1.29, 1.82) is 0 Å². The molecule has 0 aliphatic heterocycles. The average Bonchev–Trinajstić information content (AvgIpc) is 2.62. The first-order chi connectivity index (χ1) is 12.9. The molecule has 7 heteroatoms. The Bertz CT molecular complexity index is 794. The van der Waals surface area contributed by atoms with Gasteiger partial charge in [0.25, 0.3) is 5.91 Å². The van der Waals surface area contributed by atoms with Gasteiger partial charge in [-0.1, -0.05) is 43.6 Å². The molecule has 2 aromatic carbocycles. The highest BCUT2D eigenvalue weighted by Crippen LogP contribution is 2.24. The van der Waals surface area contributed by atoms with Gasteiger partial charge in [-0.25, -0.2) is 4.39 Å². The number of hydrogen-bond donors (Lipinski definition) is 2. The highest BCUT2D eigenvalue weighted by molar-refractivity contribution is 7.99. The molecule has 2 aromatic rings. The van der Waals surface area contributed by atoms with Crippen LogP contribution in [-0.2, 0) is 10.5 Å². The Hall–Kier alpha value is -2.05. The smallest absolute Gasteiger partial charge is 0.253 e. The van der Waals surface area contributed by atoms with E-state index in [1.807, 2.05) is 13.8 Å². The molecule has 0 unspecified atom stereocenters. The molecule has 27 heavy (non-hydrogen) atoms. The number of anilines is 1. The van der Waals surface area contributed by atoms with Crippen molar-refractivity contribution in [3.8, 4) is 0 Å². The van der Waals surface area contributed by atoms with Gasteiger partial charge in [0, 0.05) is 22.9 Å². The molecule has 0 spiro atoms. The third kappa shape index (κ3) is 6.56. The molecule has 0 aromatic heterocycles. The molecule has 0 atom stereocenters. The minimum absolute atomic E-state index is 0.118. The fourth-order valence-electron chi connectivity index (χ4n) is 2.28. The highest BCUT2D eigenvalue weighted by Gasteiger charge is 2.14. The number of hydrogen-bond acceptors (Lipinski definition) is 3.